The molecule has 21 heavy (non-hydrogen) atoms. The van der Waals surface area contributed by atoms with Crippen LogP contribution < -0.4 is 5.32 Å². The number of furan rings is 1. The highest BCUT2D eigenvalue weighted by Gasteiger charge is 2.24. The predicted molar refractivity (Wildman–Crippen MR) is 84.4 cm³/mol. The monoisotopic (exact) mass is 285 g/mol. The third-order valence-corrected chi connectivity index (χ3v) is 4.20. The van der Waals surface area contributed by atoms with Gasteiger partial charge in [-0.2, -0.15) is 0 Å². The van der Waals surface area contributed by atoms with Gasteiger partial charge in [-0.3, -0.25) is 4.79 Å². The van der Waals surface area contributed by atoms with Crippen molar-refractivity contribution < 1.29 is 9.21 Å². The number of carbonyl (C=O) groups excluding carboxylic acids is 1. The minimum absolute atomic E-state index is 0.156. The molecule has 1 fully saturated rings. The number of unbranched alkanes of at least 4 members (excludes halogenated alkanes) is 1. The van der Waals surface area contributed by atoms with Crippen LogP contribution in [-0.2, 0) is 11.2 Å². The first kappa shape index (κ1) is 14.2. The fraction of sp³-hybridized carbons (Fsp3) is 0.500. The highest BCUT2D eigenvalue weighted by molar-refractivity contribution is 5.82. The molecule has 3 nitrogen and oxygen atoms in total. The summed E-state index contributed by atoms with van der Waals surface area (Å²) in [4.78, 5) is 11.6. The maximum absolute atomic E-state index is 11.6. The van der Waals surface area contributed by atoms with Crippen LogP contribution in [0.3, 0.4) is 0 Å². The lowest BCUT2D eigenvalue weighted by molar-refractivity contribution is -0.121. The fourth-order valence-corrected chi connectivity index (χ4v) is 2.73. The van der Waals surface area contributed by atoms with Crippen molar-refractivity contribution in [2.75, 3.05) is 6.54 Å². The molecule has 1 aromatic heterocycles. The molecule has 0 aliphatic heterocycles. The van der Waals surface area contributed by atoms with Gasteiger partial charge in [-0.15, -0.1) is 0 Å². The zero-order valence-electron chi connectivity index (χ0n) is 12.7. The summed E-state index contributed by atoms with van der Waals surface area (Å²) in [5, 5.41) is 4.20. The van der Waals surface area contributed by atoms with E-state index in [4.69, 9.17) is 4.42 Å². The molecule has 112 valence electrons. The largest absolute Gasteiger partial charge is 0.464 e. The van der Waals surface area contributed by atoms with Crippen molar-refractivity contribution in [2.24, 2.45) is 0 Å². The first-order valence-electron chi connectivity index (χ1n) is 8.04. The summed E-state index contributed by atoms with van der Waals surface area (Å²) in [6, 6.07) is 6.52. The molecule has 1 aliphatic carbocycles. The molecule has 0 atom stereocenters. The number of rotatable bonds is 7. The van der Waals surface area contributed by atoms with E-state index in [1.54, 1.807) is 0 Å². The molecule has 3 rings (SSSR count). The lowest BCUT2D eigenvalue weighted by Gasteiger charge is -2.04. The third-order valence-electron chi connectivity index (χ3n) is 4.20. The summed E-state index contributed by atoms with van der Waals surface area (Å²) in [6.07, 6.45) is 7.94. The Labute approximate surface area is 125 Å². The maximum Gasteiger partial charge on any atom is 0.220 e. The Kier molecular flexibility index (Phi) is 4.28. The Morgan fingerprint density at radius 2 is 2.24 bits per heavy atom. The Morgan fingerprint density at radius 3 is 3.00 bits per heavy atom. The highest BCUT2D eigenvalue weighted by atomic mass is 16.3. The van der Waals surface area contributed by atoms with E-state index in [1.807, 2.05) is 6.26 Å². The molecular formula is C18H23NO2. The molecule has 0 spiro atoms. The molecule has 0 saturated heterocycles. The van der Waals surface area contributed by atoms with Crippen molar-refractivity contribution in [1.82, 2.24) is 5.32 Å². The van der Waals surface area contributed by atoms with Crippen LogP contribution in [0.25, 0.3) is 11.0 Å². The summed E-state index contributed by atoms with van der Waals surface area (Å²) in [5.74, 6) is 0.911. The van der Waals surface area contributed by atoms with Crippen LogP contribution in [0.1, 0.15) is 56.1 Å². The zero-order valence-corrected chi connectivity index (χ0v) is 12.7. The molecule has 1 N–H and O–H groups in total. The SMILES string of the molecule is CCCCC(=O)NCCc1coc2ccc(C3CC3)cc12. The number of carbonyl (C=O) groups is 1. The molecule has 0 bridgehead atoms. The molecule has 1 aromatic carbocycles. The molecular weight excluding hydrogens is 262 g/mol. The van der Waals surface area contributed by atoms with Crippen molar-refractivity contribution in [1.29, 1.82) is 0 Å². The van der Waals surface area contributed by atoms with Crippen molar-refractivity contribution in [2.45, 2.75) is 51.4 Å². The number of amides is 1. The van der Waals surface area contributed by atoms with E-state index in [0.717, 1.165) is 30.8 Å². The van der Waals surface area contributed by atoms with Gasteiger partial charge in [0, 0.05) is 18.4 Å². The molecule has 1 heterocycles. The van der Waals surface area contributed by atoms with E-state index in [1.165, 1.54) is 29.4 Å². The van der Waals surface area contributed by atoms with Crippen molar-refractivity contribution >= 4 is 16.9 Å². The van der Waals surface area contributed by atoms with Gasteiger partial charge < -0.3 is 9.73 Å². The van der Waals surface area contributed by atoms with Gasteiger partial charge in [0.25, 0.3) is 0 Å². The normalized spacial score (nSPS) is 14.5. The first-order chi connectivity index (χ1) is 10.3. The van der Waals surface area contributed by atoms with Gasteiger partial charge in [-0.1, -0.05) is 19.4 Å². The van der Waals surface area contributed by atoms with Crippen molar-refractivity contribution in [3.63, 3.8) is 0 Å². The van der Waals surface area contributed by atoms with Gasteiger partial charge in [0.1, 0.15) is 5.58 Å². The van der Waals surface area contributed by atoms with E-state index >= 15 is 0 Å². The van der Waals surface area contributed by atoms with Gasteiger partial charge in [0.05, 0.1) is 6.26 Å². The second kappa shape index (κ2) is 6.33. The van der Waals surface area contributed by atoms with Crippen molar-refractivity contribution in [3.8, 4) is 0 Å². The number of hydrogen-bond acceptors (Lipinski definition) is 2. The summed E-state index contributed by atoms with van der Waals surface area (Å²) < 4.78 is 5.61. The van der Waals surface area contributed by atoms with E-state index in [2.05, 4.69) is 30.4 Å². The molecule has 1 amide bonds. The molecule has 2 aromatic rings. The lowest BCUT2D eigenvalue weighted by Crippen LogP contribution is -2.25. The van der Waals surface area contributed by atoms with Crippen molar-refractivity contribution in [3.05, 3.63) is 35.6 Å². The van der Waals surface area contributed by atoms with Crippen LogP contribution >= 0.6 is 0 Å². The predicted octanol–water partition coefficient (Wildman–Crippen LogP) is 4.16. The number of benzene rings is 1. The Balaban J connectivity index is 1.61. The lowest BCUT2D eigenvalue weighted by atomic mass is 10.0. The summed E-state index contributed by atoms with van der Waals surface area (Å²) in [5.41, 5.74) is 3.58. The maximum atomic E-state index is 11.6. The average Bonchev–Trinajstić information content (AvgIpc) is 3.27. The van der Waals surface area contributed by atoms with Gasteiger partial charge >= 0.3 is 0 Å². The first-order valence-corrected chi connectivity index (χ1v) is 8.04. The van der Waals surface area contributed by atoms with Crippen LogP contribution in [0, 0.1) is 0 Å². The van der Waals surface area contributed by atoms with E-state index in [0.29, 0.717) is 13.0 Å². The fourth-order valence-electron chi connectivity index (χ4n) is 2.73. The third kappa shape index (κ3) is 3.46. The quantitative estimate of drug-likeness (QED) is 0.830. The Bertz CT molecular complexity index is 625. The summed E-state index contributed by atoms with van der Waals surface area (Å²) in [7, 11) is 0. The van der Waals surface area contributed by atoms with Gasteiger partial charge in [0.2, 0.25) is 5.91 Å². The summed E-state index contributed by atoms with van der Waals surface area (Å²) in [6.45, 7) is 2.78. The standard InChI is InChI=1S/C18H23NO2/c1-2-3-4-18(20)19-10-9-15-12-21-17-8-7-14(11-16(15)17)13-5-6-13/h7-8,11-13H,2-6,9-10H2,1H3,(H,19,20). The number of nitrogens with one attached hydrogen (secondary N) is 1. The Morgan fingerprint density at radius 1 is 1.38 bits per heavy atom. The Hall–Kier alpha value is -1.77. The average molecular weight is 285 g/mol. The van der Waals surface area contributed by atoms with E-state index in [-0.39, 0.29) is 5.91 Å². The van der Waals surface area contributed by atoms with Gasteiger partial charge in [0.15, 0.2) is 0 Å². The van der Waals surface area contributed by atoms with Gasteiger partial charge in [-0.25, -0.2) is 0 Å². The molecule has 1 saturated carbocycles. The van der Waals surface area contributed by atoms with E-state index in [9.17, 15) is 4.79 Å². The smallest absolute Gasteiger partial charge is 0.220 e. The summed E-state index contributed by atoms with van der Waals surface area (Å²) >= 11 is 0. The molecule has 3 heteroatoms. The zero-order chi connectivity index (χ0) is 14.7. The number of fused-ring (bicyclic) bond motifs is 1. The molecule has 0 unspecified atom stereocenters. The minimum atomic E-state index is 0.156. The molecule has 1 aliphatic rings. The van der Waals surface area contributed by atoms with Crippen LogP contribution in [0.15, 0.2) is 28.9 Å². The van der Waals surface area contributed by atoms with Crippen LogP contribution in [0.5, 0.6) is 0 Å². The second-order valence-electron chi connectivity index (χ2n) is 5.99. The molecule has 0 radical (unpaired) electrons. The minimum Gasteiger partial charge on any atom is -0.464 e. The second-order valence-corrected chi connectivity index (χ2v) is 5.99. The van der Waals surface area contributed by atoms with Crippen LogP contribution in [-0.4, -0.2) is 12.5 Å². The van der Waals surface area contributed by atoms with Gasteiger partial charge in [-0.05, 0) is 54.9 Å². The topological polar surface area (TPSA) is 42.2 Å². The number of hydrogen-bond donors (Lipinski definition) is 1. The van der Waals surface area contributed by atoms with Crippen LogP contribution in [0.2, 0.25) is 0 Å². The van der Waals surface area contributed by atoms with E-state index < -0.39 is 0 Å². The van der Waals surface area contributed by atoms with Crippen LogP contribution in [0.4, 0.5) is 0 Å². The highest BCUT2D eigenvalue weighted by Crippen LogP contribution is 2.41.